The molecule has 2 aromatic rings. The number of hydrogen-bond acceptors (Lipinski definition) is 3. The van der Waals surface area contributed by atoms with Gasteiger partial charge in [-0.2, -0.15) is 5.10 Å². The van der Waals surface area contributed by atoms with E-state index in [1.807, 2.05) is 11.6 Å². The van der Waals surface area contributed by atoms with Crippen molar-refractivity contribution in [2.75, 3.05) is 0 Å². The van der Waals surface area contributed by atoms with E-state index in [0.29, 0.717) is 0 Å². The van der Waals surface area contributed by atoms with Crippen LogP contribution in [-0.2, 0) is 6.54 Å². The second-order valence-electron chi connectivity index (χ2n) is 2.37. The van der Waals surface area contributed by atoms with Crippen LogP contribution in [0.5, 0.6) is 0 Å². The number of fused-ring (bicyclic) bond motifs is 1. The van der Waals surface area contributed by atoms with E-state index in [4.69, 9.17) is 0 Å². The third-order valence-electron chi connectivity index (χ3n) is 1.67. The predicted molar refractivity (Wildman–Crippen MR) is 48.7 cm³/mol. The zero-order valence-corrected chi connectivity index (χ0v) is 8.11. The SMILES string of the molecule is CCn1nc(Br)c2cncnc21. The highest BCUT2D eigenvalue weighted by molar-refractivity contribution is 9.10. The third kappa shape index (κ3) is 1.01. The zero-order valence-electron chi connectivity index (χ0n) is 6.53. The molecule has 0 aliphatic carbocycles. The monoisotopic (exact) mass is 226 g/mol. The first-order chi connectivity index (χ1) is 5.83. The maximum atomic E-state index is 4.24. The predicted octanol–water partition coefficient (Wildman–Crippen LogP) is 1.61. The fourth-order valence-corrected chi connectivity index (χ4v) is 1.57. The van der Waals surface area contributed by atoms with Crippen LogP contribution in [0.1, 0.15) is 6.92 Å². The molecule has 0 atom stereocenters. The molecule has 0 aliphatic heterocycles. The van der Waals surface area contributed by atoms with Crippen LogP contribution in [0.2, 0.25) is 0 Å². The molecule has 0 spiro atoms. The molecule has 0 saturated carbocycles. The van der Waals surface area contributed by atoms with Crippen molar-refractivity contribution in [3.8, 4) is 0 Å². The molecule has 62 valence electrons. The molecule has 12 heavy (non-hydrogen) atoms. The Morgan fingerprint density at radius 3 is 3.17 bits per heavy atom. The first-order valence-electron chi connectivity index (χ1n) is 3.65. The summed E-state index contributed by atoms with van der Waals surface area (Å²) in [5, 5.41) is 5.20. The lowest BCUT2D eigenvalue weighted by atomic mass is 10.4. The highest BCUT2D eigenvalue weighted by Gasteiger charge is 2.06. The van der Waals surface area contributed by atoms with E-state index in [9.17, 15) is 0 Å². The third-order valence-corrected chi connectivity index (χ3v) is 2.25. The first-order valence-corrected chi connectivity index (χ1v) is 4.44. The van der Waals surface area contributed by atoms with E-state index in [-0.39, 0.29) is 0 Å². The summed E-state index contributed by atoms with van der Waals surface area (Å²) in [6.45, 7) is 2.85. The molecule has 2 rings (SSSR count). The smallest absolute Gasteiger partial charge is 0.162 e. The number of hydrogen-bond donors (Lipinski definition) is 0. The summed E-state index contributed by atoms with van der Waals surface area (Å²) in [5.74, 6) is 0. The van der Waals surface area contributed by atoms with E-state index < -0.39 is 0 Å². The Morgan fingerprint density at radius 2 is 2.42 bits per heavy atom. The number of halogens is 1. The molecular weight excluding hydrogens is 220 g/mol. The molecule has 0 bridgehead atoms. The minimum absolute atomic E-state index is 0.806. The van der Waals surface area contributed by atoms with Crippen molar-refractivity contribution in [2.45, 2.75) is 13.5 Å². The Morgan fingerprint density at radius 1 is 1.58 bits per heavy atom. The second kappa shape index (κ2) is 2.82. The van der Waals surface area contributed by atoms with Crippen LogP contribution in [0.3, 0.4) is 0 Å². The molecule has 0 aliphatic rings. The zero-order chi connectivity index (χ0) is 8.55. The lowest BCUT2D eigenvalue weighted by Crippen LogP contribution is -1.96. The highest BCUT2D eigenvalue weighted by atomic mass is 79.9. The van der Waals surface area contributed by atoms with Crippen LogP contribution in [0.15, 0.2) is 17.1 Å². The number of nitrogens with zero attached hydrogens (tertiary/aromatic N) is 4. The van der Waals surface area contributed by atoms with Crippen LogP contribution < -0.4 is 0 Å². The number of aryl methyl sites for hydroxylation is 1. The van der Waals surface area contributed by atoms with E-state index >= 15 is 0 Å². The molecule has 0 fully saturated rings. The minimum Gasteiger partial charge on any atom is -0.246 e. The summed E-state index contributed by atoms with van der Waals surface area (Å²) in [5.41, 5.74) is 0.874. The Bertz CT molecular complexity index is 409. The summed E-state index contributed by atoms with van der Waals surface area (Å²) >= 11 is 3.35. The lowest BCUT2D eigenvalue weighted by molar-refractivity contribution is 0.671. The summed E-state index contributed by atoms with van der Waals surface area (Å²) in [6.07, 6.45) is 3.29. The average Bonchev–Trinajstić information content (AvgIpc) is 2.44. The van der Waals surface area contributed by atoms with Gasteiger partial charge < -0.3 is 0 Å². The average molecular weight is 227 g/mol. The normalized spacial score (nSPS) is 10.8. The van der Waals surface area contributed by atoms with Gasteiger partial charge in [-0.3, -0.25) is 0 Å². The van der Waals surface area contributed by atoms with Crippen LogP contribution in [0, 0.1) is 0 Å². The van der Waals surface area contributed by atoms with Gasteiger partial charge in [-0.15, -0.1) is 0 Å². The Balaban J connectivity index is 2.82. The molecule has 0 unspecified atom stereocenters. The standard InChI is InChI=1S/C7H7BrN4/c1-2-12-7-5(6(8)11-12)3-9-4-10-7/h3-4H,2H2,1H3. The van der Waals surface area contributed by atoms with Gasteiger partial charge in [0.1, 0.15) is 10.9 Å². The lowest BCUT2D eigenvalue weighted by Gasteiger charge is -1.93. The molecule has 2 aromatic heterocycles. The van der Waals surface area contributed by atoms with Crippen LogP contribution in [-0.4, -0.2) is 19.7 Å². The van der Waals surface area contributed by atoms with Crippen molar-refractivity contribution >= 4 is 27.0 Å². The topological polar surface area (TPSA) is 43.6 Å². The van der Waals surface area contributed by atoms with E-state index in [1.54, 1.807) is 6.20 Å². The van der Waals surface area contributed by atoms with E-state index in [2.05, 4.69) is 31.0 Å². The molecule has 0 radical (unpaired) electrons. The molecule has 0 N–H and O–H groups in total. The largest absolute Gasteiger partial charge is 0.246 e. The maximum absolute atomic E-state index is 4.24. The Hall–Kier alpha value is -0.970. The summed E-state index contributed by atoms with van der Waals surface area (Å²) < 4.78 is 2.64. The van der Waals surface area contributed by atoms with Gasteiger partial charge in [-0.25, -0.2) is 14.6 Å². The van der Waals surface area contributed by atoms with Gasteiger partial charge in [0.25, 0.3) is 0 Å². The minimum atomic E-state index is 0.806. The van der Waals surface area contributed by atoms with Crippen molar-refractivity contribution in [1.82, 2.24) is 19.7 Å². The van der Waals surface area contributed by atoms with Gasteiger partial charge in [0.05, 0.1) is 5.39 Å². The van der Waals surface area contributed by atoms with Crippen LogP contribution >= 0.6 is 15.9 Å². The molecule has 0 aromatic carbocycles. The quantitative estimate of drug-likeness (QED) is 0.743. The van der Waals surface area contributed by atoms with Gasteiger partial charge in [-0.1, -0.05) is 0 Å². The van der Waals surface area contributed by atoms with Gasteiger partial charge in [0.15, 0.2) is 5.65 Å². The number of aromatic nitrogens is 4. The molecule has 0 amide bonds. The molecule has 0 saturated heterocycles. The van der Waals surface area contributed by atoms with Crippen molar-refractivity contribution in [2.24, 2.45) is 0 Å². The summed E-state index contributed by atoms with van der Waals surface area (Å²) in [4.78, 5) is 8.06. The molecule has 2 heterocycles. The van der Waals surface area contributed by atoms with Crippen molar-refractivity contribution < 1.29 is 0 Å². The fraction of sp³-hybridized carbons (Fsp3) is 0.286. The van der Waals surface area contributed by atoms with Gasteiger partial charge in [0.2, 0.25) is 0 Å². The van der Waals surface area contributed by atoms with Crippen molar-refractivity contribution in [3.63, 3.8) is 0 Å². The molecular formula is C7H7BrN4. The summed E-state index contributed by atoms with van der Waals surface area (Å²) in [6, 6.07) is 0. The van der Waals surface area contributed by atoms with Crippen LogP contribution in [0.25, 0.3) is 11.0 Å². The fourth-order valence-electron chi connectivity index (χ4n) is 1.10. The molecule has 4 nitrogen and oxygen atoms in total. The Kier molecular flexibility index (Phi) is 1.80. The van der Waals surface area contributed by atoms with Crippen molar-refractivity contribution in [3.05, 3.63) is 17.1 Å². The van der Waals surface area contributed by atoms with Crippen LogP contribution in [0.4, 0.5) is 0 Å². The second-order valence-corrected chi connectivity index (χ2v) is 3.12. The van der Waals surface area contributed by atoms with E-state index in [0.717, 1.165) is 22.2 Å². The maximum Gasteiger partial charge on any atom is 0.162 e. The van der Waals surface area contributed by atoms with E-state index in [1.165, 1.54) is 6.33 Å². The van der Waals surface area contributed by atoms with Crippen molar-refractivity contribution in [1.29, 1.82) is 0 Å². The Labute approximate surface area is 77.8 Å². The molecule has 5 heteroatoms. The number of rotatable bonds is 1. The summed E-state index contributed by atoms with van der Waals surface area (Å²) in [7, 11) is 0. The van der Waals surface area contributed by atoms with Gasteiger partial charge in [-0.05, 0) is 22.9 Å². The van der Waals surface area contributed by atoms with Gasteiger partial charge >= 0.3 is 0 Å². The highest BCUT2D eigenvalue weighted by Crippen LogP contribution is 2.19. The van der Waals surface area contributed by atoms with Gasteiger partial charge in [0, 0.05) is 12.7 Å². The first kappa shape index (κ1) is 7.67.